The van der Waals surface area contributed by atoms with Crippen LogP contribution in [0.15, 0.2) is 0 Å². The van der Waals surface area contributed by atoms with E-state index >= 15 is 0 Å². The minimum atomic E-state index is -0.958. The number of rotatable bonds is 6. The number of ether oxygens (including phenoxy) is 1. The van der Waals surface area contributed by atoms with Crippen molar-refractivity contribution in [3.05, 3.63) is 0 Å². The third-order valence-corrected chi connectivity index (χ3v) is 2.59. The lowest BCUT2D eigenvalue weighted by Gasteiger charge is -2.09. The summed E-state index contributed by atoms with van der Waals surface area (Å²) in [6.45, 7) is -0.0145. The molecule has 6 nitrogen and oxygen atoms in total. The van der Waals surface area contributed by atoms with Crippen LogP contribution >= 0.6 is 0 Å². The standard InChI is InChI=1S/C8H14BNO5/c1-14-8(13)5-2-4(5)6(7(11)12)9-15-3-10/h4-6,9H,2-3,10H2,1H3,(H,11,12). The summed E-state index contributed by atoms with van der Waals surface area (Å²) in [7, 11) is 1.34. The molecule has 7 heteroatoms. The molecule has 0 heterocycles. The number of hydrogen-bond donors (Lipinski definition) is 2. The zero-order chi connectivity index (χ0) is 11.4. The Morgan fingerprint density at radius 3 is 2.80 bits per heavy atom. The van der Waals surface area contributed by atoms with E-state index in [1.54, 1.807) is 0 Å². The second-order valence-corrected chi connectivity index (χ2v) is 3.51. The Bertz CT molecular complexity index is 259. The van der Waals surface area contributed by atoms with Gasteiger partial charge in [-0.1, -0.05) is 0 Å². The highest BCUT2D eigenvalue weighted by atomic mass is 16.5. The van der Waals surface area contributed by atoms with Gasteiger partial charge in [0.05, 0.1) is 25.6 Å². The predicted octanol–water partition coefficient (Wildman–Crippen LogP) is -1.05. The van der Waals surface area contributed by atoms with Gasteiger partial charge in [0, 0.05) is 0 Å². The average molecular weight is 215 g/mol. The molecule has 3 N–H and O–H groups in total. The lowest BCUT2D eigenvalue weighted by Crippen LogP contribution is -2.23. The molecule has 0 bridgehead atoms. The molecule has 0 spiro atoms. The number of carboxylic acids is 1. The zero-order valence-corrected chi connectivity index (χ0v) is 8.51. The summed E-state index contributed by atoms with van der Waals surface area (Å²) in [6.07, 6.45) is 0.553. The van der Waals surface area contributed by atoms with Crippen molar-refractivity contribution in [1.29, 1.82) is 0 Å². The van der Waals surface area contributed by atoms with E-state index in [9.17, 15) is 9.59 Å². The Labute approximate surface area is 88.0 Å². The second-order valence-electron chi connectivity index (χ2n) is 3.51. The van der Waals surface area contributed by atoms with E-state index in [-0.39, 0.29) is 32.0 Å². The van der Waals surface area contributed by atoms with Gasteiger partial charge in [-0.05, 0) is 12.3 Å². The Balaban J connectivity index is 2.46. The number of carboxylic acid groups (broad SMARTS) is 1. The normalized spacial score (nSPS) is 25.5. The second kappa shape index (κ2) is 5.13. The molecule has 0 saturated heterocycles. The number of esters is 1. The van der Waals surface area contributed by atoms with Crippen LogP contribution in [0.4, 0.5) is 0 Å². The largest absolute Gasteiger partial charge is 0.481 e. The van der Waals surface area contributed by atoms with Gasteiger partial charge in [-0.15, -0.1) is 0 Å². The van der Waals surface area contributed by atoms with Crippen LogP contribution in [0.5, 0.6) is 0 Å². The molecule has 0 amide bonds. The Hall–Kier alpha value is -1.08. The maximum atomic E-state index is 11.1. The van der Waals surface area contributed by atoms with E-state index in [4.69, 9.17) is 15.5 Å². The molecule has 0 aliphatic heterocycles. The first-order valence-corrected chi connectivity index (χ1v) is 4.70. The summed E-state index contributed by atoms with van der Waals surface area (Å²) in [5.41, 5.74) is 5.11. The van der Waals surface area contributed by atoms with Crippen molar-refractivity contribution in [2.75, 3.05) is 13.8 Å². The lowest BCUT2D eigenvalue weighted by atomic mass is 9.75. The van der Waals surface area contributed by atoms with Crippen molar-refractivity contribution in [1.82, 2.24) is 0 Å². The highest BCUT2D eigenvalue weighted by molar-refractivity contribution is 6.37. The molecule has 15 heavy (non-hydrogen) atoms. The highest BCUT2D eigenvalue weighted by Gasteiger charge is 2.51. The van der Waals surface area contributed by atoms with Crippen molar-refractivity contribution in [3.63, 3.8) is 0 Å². The lowest BCUT2D eigenvalue weighted by molar-refractivity contribution is -0.142. The van der Waals surface area contributed by atoms with E-state index in [2.05, 4.69) is 4.74 Å². The van der Waals surface area contributed by atoms with Gasteiger partial charge in [-0.25, -0.2) is 0 Å². The first kappa shape index (κ1) is 12.0. The fourth-order valence-electron chi connectivity index (χ4n) is 1.65. The van der Waals surface area contributed by atoms with Gasteiger partial charge in [0.2, 0.25) is 0 Å². The third-order valence-electron chi connectivity index (χ3n) is 2.59. The number of nitrogens with two attached hydrogens (primary N) is 1. The third kappa shape index (κ3) is 2.94. The SMILES string of the molecule is COC(=O)C1CC1C(BOCN)C(=O)O. The predicted molar refractivity (Wildman–Crippen MR) is 52.3 cm³/mol. The number of methoxy groups -OCH3 is 1. The van der Waals surface area contributed by atoms with Crippen LogP contribution in [0.1, 0.15) is 6.42 Å². The maximum Gasteiger partial charge on any atom is 0.308 e. The molecular formula is C8H14BNO5. The fraction of sp³-hybridized carbons (Fsp3) is 0.750. The molecule has 3 unspecified atom stereocenters. The van der Waals surface area contributed by atoms with Gasteiger partial charge in [0.1, 0.15) is 0 Å². The molecule has 1 rings (SSSR count). The first-order chi connectivity index (χ1) is 7.11. The van der Waals surface area contributed by atoms with Crippen LogP contribution in [0.25, 0.3) is 0 Å². The molecule has 84 valence electrons. The Kier molecular flexibility index (Phi) is 4.10. The Morgan fingerprint density at radius 1 is 1.67 bits per heavy atom. The van der Waals surface area contributed by atoms with E-state index in [0.29, 0.717) is 6.42 Å². The van der Waals surface area contributed by atoms with Crippen molar-refractivity contribution >= 4 is 19.4 Å². The van der Waals surface area contributed by atoms with Crippen LogP contribution in [-0.2, 0) is 19.0 Å². The molecule has 0 radical (unpaired) electrons. The van der Waals surface area contributed by atoms with Crippen LogP contribution in [0.2, 0.25) is 5.82 Å². The molecule has 1 aliphatic rings. The van der Waals surface area contributed by atoms with E-state index in [1.807, 2.05) is 0 Å². The minimum absolute atomic E-state index is 0.0145. The number of carbonyl (C=O) groups is 2. The summed E-state index contributed by atoms with van der Waals surface area (Å²) in [6, 6.07) is 0. The number of hydrogen-bond acceptors (Lipinski definition) is 5. The van der Waals surface area contributed by atoms with Crippen LogP contribution in [0.3, 0.4) is 0 Å². The molecular weight excluding hydrogens is 201 g/mol. The Morgan fingerprint density at radius 2 is 2.33 bits per heavy atom. The van der Waals surface area contributed by atoms with Gasteiger partial charge in [0.25, 0.3) is 7.48 Å². The summed E-state index contributed by atoms with van der Waals surface area (Å²) in [4.78, 5) is 22.0. The van der Waals surface area contributed by atoms with E-state index in [1.165, 1.54) is 7.11 Å². The smallest absolute Gasteiger partial charge is 0.308 e. The fourth-order valence-corrected chi connectivity index (χ4v) is 1.65. The van der Waals surface area contributed by atoms with E-state index < -0.39 is 11.8 Å². The molecule has 1 aliphatic carbocycles. The molecule has 0 aromatic rings. The zero-order valence-electron chi connectivity index (χ0n) is 8.51. The molecule has 0 aromatic carbocycles. The van der Waals surface area contributed by atoms with Gasteiger partial charge >= 0.3 is 11.9 Å². The molecule has 3 atom stereocenters. The summed E-state index contributed by atoms with van der Waals surface area (Å²) in [5, 5.41) is 8.91. The summed E-state index contributed by atoms with van der Waals surface area (Å²) < 4.78 is 9.41. The monoisotopic (exact) mass is 215 g/mol. The summed E-state index contributed by atoms with van der Waals surface area (Å²) >= 11 is 0. The van der Waals surface area contributed by atoms with Crippen LogP contribution in [0, 0.1) is 11.8 Å². The van der Waals surface area contributed by atoms with Crippen LogP contribution in [-0.4, -0.2) is 38.4 Å². The quantitative estimate of drug-likeness (QED) is 0.333. The van der Waals surface area contributed by atoms with Gasteiger partial charge in [-0.2, -0.15) is 0 Å². The van der Waals surface area contributed by atoms with Crippen molar-refractivity contribution in [3.8, 4) is 0 Å². The number of aliphatic carboxylic acids is 1. The average Bonchev–Trinajstić information content (AvgIpc) is 2.97. The van der Waals surface area contributed by atoms with Gasteiger partial charge in [0.15, 0.2) is 0 Å². The van der Waals surface area contributed by atoms with E-state index in [0.717, 1.165) is 0 Å². The van der Waals surface area contributed by atoms with Crippen molar-refractivity contribution in [2.24, 2.45) is 17.6 Å². The van der Waals surface area contributed by atoms with Crippen molar-refractivity contribution < 1.29 is 24.1 Å². The van der Waals surface area contributed by atoms with Gasteiger partial charge in [-0.3, -0.25) is 9.59 Å². The molecule has 1 fully saturated rings. The highest BCUT2D eigenvalue weighted by Crippen LogP contribution is 2.47. The molecule has 1 saturated carbocycles. The number of carbonyl (C=O) groups excluding carboxylic acids is 1. The van der Waals surface area contributed by atoms with Crippen molar-refractivity contribution in [2.45, 2.75) is 12.2 Å². The first-order valence-electron chi connectivity index (χ1n) is 4.70. The summed E-state index contributed by atoms with van der Waals surface area (Å²) in [5.74, 6) is -2.45. The van der Waals surface area contributed by atoms with Crippen LogP contribution < -0.4 is 5.73 Å². The topological polar surface area (TPSA) is 98.9 Å². The maximum absolute atomic E-state index is 11.1. The van der Waals surface area contributed by atoms with Gasteiger partial charge < -0.3 is 20.2 Å². The molecule has 0 aromatic heterocycles. The minimum Gasteiger partial charge on any atom is -0.481 e.